The maximum Gasteiger partial charge on any atom is 0.257 e. The lowest BCUT2D eigenvalue weighted by atomic mass is 9.94. The molecule has 0 spiro atoms. The number of ether oxygens (including phenoxy) is 3. The maximum absolute atomic E-state index is 13.3. The first-order valence-corrected chi connectivity index (χ1v) is 12.6. The summed E-state index contributed by atoms with van der Waals surface area (Å²) >= 11 is 0. The van der Waals surface area contributed by atoms with Gasteiger partial charge in [0.1, 0.15) is 24.2 Å². The first kappa shape index (κ1) is 26.5. The van der Waals surface area contributed by atoms with E-state index in [9.17, 15) is 14.4 Å². The molecule has 9 heteroatoms. The molecule has 2 aromatic rings. The lowest BCUT2D eigenvalue weighted by molar-refractivity contribution is -0.134. The number of rotatable bonds is 7. The SMILES string of the molecule is COc1ccc(CNC(=O)C[C@@H]2CC[C@@H]3[C@@H](COc4ccc(NC(=O)C(C)C)cc4C(=O)N3C)O2)cc1. The first-order chi connectivity index (χ1) is 17.7. The van der Waals surface area contributed by atoms with Gasteiger partial charge in [-0.1, -0.05) is 26.0 Å². The Morgan fingerprint density at radius 2 is 1.89 bits per heavy atom. The number of carbonyl (C=O) groups is 3. The standard InChI is InChI=1S/C28H35N3O6/c1-17(2)27(33)30-19-7-12-24-22(13-19)28(34)31(3)23-11-10-21(37-25(23)16-36-24)14-26(32)29-15-18-5-8-20(35-4)9-6-18/h5-9,12-13,17,21,23,25H,10-11,14-16H2,1-4H3,(H,29,32)(H,30,33)/t21-,23+,25+/m0/s1. The van der Waals surface area contributed by atoms with Gasteiger partial charge < -0.3 is 29.7 Å². The van der Waals surface area contributed by atoms with Crippen LogP contribution in [0.15, 0.2) is 42.5 Å². The van der Waals surface area contributed by atoms with Gasteiger partial charge in [0.15, 0.2) is 0 Å². The molecular weight excluding hydrogens is 474 g/mol. The smallest absolute Gasteiger partial charge is 0.257 e. The van der Waals surface area contributed by atoms with E-state index in [-0.39, 0.29) is 54.9 Å². The van der Waals surface area contributed by atoms with Crippen LogP contribution in [0.2, 0.25) is 0 Å². The number of nitrogens with one attached hydrogen (secondary N) is 2. The van der Waals surface area contributed by atoms with E-state index in [1.807, 2.05) is 38.1 Å². The molecule has 2 aromatic carbocycles. The summed E-state index contributed by atoms with van der Waals surface area (Å²) in [4.78, 5) is 39.7. The highest BCUT2D eigenvalue weighted by Gasteiger charge is 2.39. The van der Waals surface area contributed by atoms with E-state index in [1.165, 1.54) is 0 Å². The lowest BCUT2D eigenvalue weighted by Crippen LogP contribution is -2.53. The quantitative estimate of drug-likeness (QED) is 0.593. The van der Waals surface area contributed by atoms with Gasteiger partial charge in [-0.15, -0.1) is 0 Å². The minimum atomic E-state index is -0.351. The molecule has 0 aliphatic carbocycles. The molecule has 0 bridgehead atoms. The first-order valence-electron chi connectivity index (χ1n) is 12.6. The van der Waals surface area contributed by atoms with Gasteiger partial charge in [-0.05, 0) is 48.7 Å². The molecule has 198 valence electrons. The molecule has 2 N–H and O–H groups in total. The molecule has 0 aromatic heterocycles. The van der Waals surface area contributed by atoms with Crippen LogP contribution < -0.4 is 20.1 Å². The third-order valence-electron chi connectivity index (χ3n) is 6.87. The fraction of sp³-hybridized carbons (Fsp3) is 0.464. The second-order valence-corrected chi connectivity index (χ2v) is 9.85. The van der Waals surface area contributed by atoms with Crippen molar-refractivity contribution in [3.8, 4) is 11.5 Å². The Hall–Kier alpha value is -3.59. The summed E-state index contributed by atoms with van der Waals surface area (Å²) in [5.74, 6) is 0.648. The summed E-state index contributed by atoms with van der Waals surface area (Å²) in [5.41, 5.74) is 1.95. The lowest BCUT2D eigenvalue weighted by Gasteiger charge is -2.42. The number of fused-ring (bicyclic) bond motifs is 2. The molecule has 2 aliphatic heterocycles. The Morgan fingerprint density at radius 3 is 2.59 bits per heavy atom. The van der Waals surface area contributed by atoms with Crippen molar-refractivity contribution in [1.82, 2.24) is 10.2 Å². The molecule has 3 atom stereocenters. The molecule has 37 heavy (non-hydrogen) atoms. The van der Waals surface area contributed by atoms with Gasteiger partial charge in [-0.25, -0.2) is 0 Å². The largest absolute Gasteiger partial charge is 0.497 e. The molecule has 1 fully saturated rings. The predicted octanol–water partition coefficient (Wildman–Crippen LogP) is 3.38. The van der Waals surface area contributed by atoms with Crippen LogP contribution in [-0.2, 0) is 20.9 Å². The molecular formula is C28H35N3O6. The third kappa shape index (κ3) is 6.40. The Balaban J connectivity index is 1.36. The highest BCUT2D eigenvalue weighted by atomic mass is 16.5. The summed E-state index contributed by atoms with van der Waals surface area (Å²) in [6.07, 6.45) is 0.997. The van der Waals surface area contributed by atoms with Crippen LogP contribution in [0.3, 0.4) is 0 Å². The van der Waals surface area contributed by atoms with Crippen molar-refractivity contribution >= 4 is 23.4 Å². The molecule has 9 nitrogen and oxygen atoms in total. The van der Waals surface area contributed by atoms with Crippen LogP contribution in [0.1, 0.15) is 49.0 Å². The molecule has 3 amide bonds. The molecule has 2 aliphatic rings. The van der Waals surface area contributed by atoms with Crippen molar-refractivity contribution in [3.63, 3.8) is 0 Å². The normalized spacial score (nSPS) is 21.2. The number of carbonyl (C=O) groups excluding carboxylic acids is 3. The second-order valence-electron chi connectivity index (χ2n) is 9.85. The van der Waals surface area contributed by atoms with Gasteiger partial charge in [-0.3, -0.25) is 14.4 Å². The molecule has 0 saturated carbocycles. The highest BCUT2D eigenvalue weighted by Crippen LogP contribution is 2.32. The summed E-state index contributed by atoms with van der Waals surface area (Å²) in [5, 5.41) is 5.78. The number of methoxy groups -OCH3 is 1. The topological polar surface area (TPSA) is 106 Å². The van der Waals surface area contributed by atoms with Gasteiger partial charge in [0.25, 0.3) is 5.91 Å². The fourth-order valence-electron chi connectivity index (χ4n) is 4.61. The van der Waals surface area contributed by atoms with E-state index in [0.717, 1.165) is 11.3 Å². The van der Waals surface area contributed by atoms with Crippen LogP contribution in [0.4, 0.5) is 5.69 Å². The van der Waals surface area contributed by atoms with E-state index < -0.39 is 0 Å². The monoisotopic (exact) mass is 509 g/mol. The van der Waals surface area contributed by atoms with Crippen molar-refractivity contribution in [3.05, 3.63) is 53.6 Å². The summed E-state index contributed by atoms with van der Waals surface area (Å²) in [7, 11) is 3.38. The Bertz CT molecular complexity index is 1130. The molecule has 4 rings (SSSR count). The fourth-order valence-corrected chi connectivity index (χ4v) is 4.61. The van der Waals surface area contributed by atoms with Crippen LogP contribution in [0.25, 0.3) is 0 Å². The van der Waals surface area contributed by atoms with E-state index in [1.54, 1.807) is 37.3 Å². The van der Waals surface area contributed by atoms with E-state index in [4.69, 9.17) is 14.2 Å². The number of anilines is 1. The zero-order valence-electron chi connectivity index (χ0n) is 21.8. The Morgan fingerprint density at radius 1 is 1.14 bits per heavy atom. The van der Waals surface area contributed by atoms with Crippen molar-refractivity contribution in [1.29, 1.82) is 0 Å². The van der Waals surface area contributed by atoms with Gasteiger partial charge in [0.05, 0.1) is 31.2 Å². The zero-order valence-corrected chi connectivity index (χ0v) is 21.8. The molecule has 0 radical (unpaired) electrons. The average molecular weight is 510 g/mol. The van der Waals surface area contributed by atoms with E-state index in [0.29, 0.717) is 36.4 Å². The Kier molecular flexibility index (Phi) is 8.33. The van der Waals surface area contributed by atoms with Crippen LogP contribution >= 0.6 is 0 Å². The summed E-state index contributed by atoms with van der Waals surface area (Å²) in [6, 6.07) is 12.5. The Labute approximate surface area is 217 Å². The van der Waals surface area contributed by atoms with Gasteiger partial charge >= 0.3 is 0 Å². The highest BCUT2D eigenvalue weighted by molar-refractivity contribution is 6.00. The maximum atomic E-state index is 13.3. The van der Waals surface area contributed by atoms with Gasteiger partial charge in [0, 0.05) is 25.2 Å². The second kappa shape index (κ2) is 11.6. The number of likely N-dealkylation sites (N-methyl/N-ethyl adjacent to an activating group) is 1. The molecule has 2 heterocycles. The van der Waals surface area contributed by atoms with Crippen LogP contribution in [0.5, 0.6) is 11.5 Å². The minimum absolute atomic E-state index is 0.0863. The third-order valence-corrected chi connectivity index (χ3v) is 6.87. The number of benzene rings is 2. The van der Waals surface area contributed by atoms with Gasteiger partial charge in [0.2, 0.25) is 11.8 Å². The van der Waals surface area contributed by atoms with Crippen LogP contribution in [0, 0.1) is 5.92 Å². The van der Waals surface area contributed by atoms with E-state index >= 15 is 0 Å². The van der Waals surface area contributed by atoms with E-state index in [2.05, 4.69) is 10.6 Å². The number of amides is 3. The predicted molar refractivity (Wildman–Crippen MR) is 139 cm³/mol. The molecule has 0 unspecified atom stereocenters. The van der Waals surface area contributed by atoms with Gasteiger partial charge in [-0.2, -0.15) is 0 Å². The van der Waals surface area contributed by atoms with Crippen LogP contribution in [-0.4, -0.2) is 61.6 Å². The summed E-state index contributed by atoms with van der Waals surface area (Å²) < 4.78 is 17.4. The summed E-state index contributed by atoms with van der Waals surface area (Å²) in [6.45, 7) is 4.31. The average Bonchev–Trinajstić information content (AvgIpc) is 2.90. The molecule has 1 saturated heterocycles. The minimum Gasteiger partial charge on any atom is -0.497 e. The number of nitrogens with zero attached hydrogens (tertiary/aromatic N) is 1. The van der Waals surface area contributed by atoms with Crippen molar-refractivity contribution in [2.45, 2.75) is 57.9 Å². The number of hydrogen-bond donors (Lipinski definition) is 2. The van der Waals surface area contributed by atoms with Crippen molar-refractivity contribution in [2.24, 2.45) is 5.92 Å². The van der Waals surface area contributed by atoms with Crippen molar-refractivity contribution in [2.75, 3.05) is 26.1 Å². The number of hydrogen-bond acceptors (Lipinski definition) is 6. The zero-order chi connectivity index (χ0) is 26.5. The van der Waals surface area contributed by atoms with Crippen molar-refractivity contribution < 1.29 is 28.6 Å².